The molecule has 0 radical (unpaired) electrons. The quantitative estimate of drug-likeness (QED) is 0.442. The zero-order valence-electron chi connectivity index (χ0n) is 19.2. The molecule has 1 heterocycles. The normalized spacial score (nSPS) is 11.1. The highest BCUT2D eigenvalue weighted by Crippen LogP contribution is 2.29. The first kappa shape index (κ1) is 24.4. The van der Waals surface area contributed by atoms with Crippen LogP contribution in [-0.2, 0) is 11.4 Å². The maximum Gasteiger partial charge on any atom is 0.279 e. The van der Waals surface area contributed by atoms with Gasteiger partial charge in [-0.15, -0.1) is 0 Å². The van der Waals surface area contributed by atoms with Crippen LogP contribution in [-0.4, -0.2) is 36.6 Å². The van der Waals surface area contributed by atoms with E-state index < -0.39 is 17.9 Å². The zero-order chi connectivity index (χ0) is 24.3. The molecule has 1 aromatic heterocycles. The molecule has 0 bridgehead atoms. The Morgan fingerprint density at radius 3 is 2.29 bits per heavy atom. The maximum absolute atomic E-state index is 12.6. The molecule has 178 valence electrons. The van der Waals surface area contributed by atoms with Gasteiger partial charge in [0.05, 0.1) is 13.7 Å². The van der Waals surface area contributed by atoms with Crippen LogP contribution in [0.2, 0.25) is 0 Å². The summed E-state index contributed by atoms with van der Waals surface area (Å²) in [6.45, 7) is 4.32. The standard InChI is InChI=1S/C25H27N3O6/c1-4-32-20-6-8-21(9-7-20)34-17(2)24(29)27-28-25(30)19-5-10-22(31-3)23(15-19)33-16-18-11-13-26-14-12-18/h5-15,17H,4,16H2,1-3H3,(H,27,29)(H,28,30). The molecule has 0 saturated carbocycles. The molecular weight excluding hydrogens is 438 g/mol. The summed E-state index contributed by atoms with van der Waals surface area (Å²) in [5.41, 5.74) is 5.96. The lowest BCUT2D eigenvalue weighted by Crippen LogP contribution is -2.47. The lowest BCUT2D eigenvalue weighted by Gasteiger charge is -2.16. The highest BCUT2D eigenvalue weighted by atomic mass is 16.5. The van der Waals surface area contributed by atoms with Gasteiger partial charge in [0.25, 0.3) is 11.8 Å². The predicted molar refractivity (Wildman–Crippen MR) is 125 cm³/mol. The van der Waals surface area contributed by atoms with Gasteiger partial charge < -0.3 is 18.9 Å². The molecule has 34 heavy (non-hydrogen) atoms. The summed E-state index contributed by atoms with van der Waals surface area (Å²) in [7, 11) is 1.51. The highest BCUT2D eigenvalue weighted by Gasteiger charge is 2.17. The molecule has 9 heteroatoms. The van der Waals surface area contributed by atoms with Gasteiger partial charge in [0.2, 0.25) is 0 Å². The zero-order valence-corrected chi connectivity index (χ0v) is 19.2. The van der Waals surface area contributed by atoms with Crippen molar-refractivity contribution in [1.82, 2.24) is 15.8 Å². The van der Waals surface area contributed by atoms with E-state index in [2.05, 4.69) is 15.8 Å². The van der Waals surface area contributed by atoms with E-state index in [0.717, 1.165) is 5.56 Å². The fourth-order valence-electron chi connectivity index (χ4n) is 2.90. The van der Waals surface area contributed by atoms with Gasteiger partial charge in [-0.1, -0.05) is 0 Å². The van der Waals surface area contributed by atoms with Crippen molar-refractivity contribution in [3.05, 3.63) is 78.1 Å². The highest BCUT2D eigenvalue weighted by molar-refractivity contribution is 5.96. The van der Waals surface area contributed by atoms with Crippen LogP contribution in [0.1, 0.15) is 29.8 Å². The van der Waals surface area contributed by atoms with Gasteiger partial charge in [0, 0.05) is 18.0 Å². The molecule has 3 aromatic rings. The SMILES string of the molecule is CCOc1ccc(OC(C)C(=O)NNC(=O)c2ccc(OC)c(OCc3ccncc3)c2)cc1. The number of nitrogens with zero attached hydrogens (tertiary/aromatic N) is 1. The van der Waals surface area contributed by atoms with E-state index in [1.807, 2.05) is 19.1 Å². The minimum Gasteiger partial charge on any atom is -0.494 e. The largest absolute Gasteiger partial charge is 0.494 e. The minimum atomic E-state index is -0.839. The minimum absolute atomic E-state index is 0.279. The second kappa shape index (κ2) is 12.1. The first-order chi connectivity index (χ1) is 16.5. The van der Waals surface area contributed by atoms with Gasteiger partial charge in [0.15, 0.2) is 17.6 Å². The van der Waals surface area contributed by atoms with E-state index in [4.69, 9.17) is 18.9 Å². The van der Waals surface area contributed by atoms with Crippen LogP contribution in [0.25, 0.3) is 0 Å². The number of aromatic nitrogens is 1. The van der Waals surface area contributed by atoms with Gasteiger partial charge in [-0.3, -0.25) is 25.4 Å². The van der Waals surface area contributed by atoms with Crippen LogP contribution in [0.5, 0.6) is 23.0 Å². The molecule has 3 rings (SSSR count). The number of hydrogen-bond donors (Lipinski definition) is 2. The number of benzene rings is 2. The van der Waals surface area contributed by atoms with Crippen molar-refractivity contribution in [1.29, 1.82) is 0 Å². The molecular formula is C25H27N3O6. The lowest BCUT2D eigenvalue weighted by atomic mass is 10.2. The summed E-state index contributed by atoms with van der Waals surface area (Å²) in [4.78, 5) is 28.9. The molecule has 0 aliphatic carbocycles. The van der Waals surface area contributed by atoms with Crippen molar-refractivity contribution in [3.8, 4) is 23.0 Å². The smallest absolute Gasteiger partial charge is 0.279 e. The van der Waals surface area contributed by atoms with Gasteiger partial charge in [-0.2, -0.15) is 0 Å². The number of ether oxygens (including phenoxy) is 4. The van der Waals surface area contributed by atoms with Crippen LogP contribution in [0.3, 0.4) is 0 Å². The Morgan fingerprint density at radius 2 is 1.62 bits per heavy atom. The Kier molecular flexibility index (Phi) is 8.67. The third kappa shape index (κ3) is 6.86. The van der Waals surface area contributed by atoms with Crippen molar-refractivity contribution in [2.75, 3.05) is 13.7 Å². The predicted octanol–water partition coefficient (Wildman–Crippen LogP) is 3.30. The van der Waals surface area contributed by atoms with E-state index >= 15 is 0 Å². The van der Waals surface area contributed by atoms with E-state index in [0.29, 0.717) is 29.6 Å². The molecule has 2 amide bonds. The topological polar surface area (TPSA) is 108 Å². The molecule has 1 unspecified atom stereocenters. The van der Waals surface area contributed by atoms with Crippen molar-refractivity contribution in [2.24, 2.45) is 0 Å². The van der Waals surface area contributed by atoms with Gasteiger partial charge >= 0.3 is 0 Å². The summed E-state index contributed by atoms with van der Waals surface area (Å²) in [5.74, 6) is 1.06. The van der Waals surface area contributed by atoms with Crippen LogP contribution in [0, 0.1) is 0 Å². The summed E-state index contributed by atoms with van der Waals surface area (Å²) >= 11 is 0. The summed E-state index contributed by atoms with van der Waals surface area (Å²) in [6.07, 6.45) is 2.50. The van der Waals surface area contributed by atoms with E-state index in [1.165, 1.54) is 7.11 Å². The lowest BCUT2D eigenvalue weighted by molar-refractivity contribution is -0.128. The fraction of sp³-hybridized carbons (Fsp3) is 0.240. The summed E-state index contributed by atoms with van der Waals surface area (Å²) in [6, 6.07) is 15.3. The second-order valence-electron chi connectivity index (χ2n) is 7.12. The van der Waals surface area contributed by atoms with Gasteiger partial charge in [0.1, 0.15) is 18.1 Å². The van der Waals surface area contributed by atoms with Gasteiger partial charge in [-0.25, -0.2) is 0 Å². The number of amides is 2. The first-order valence-corrected chi connectivity index (χ1v) is 10.7. The Labute approximate surface area is 198 Å². The molecule has 0 saturated heterocycles. The first-order valence-electron chi connectivity index (χ1n) is 10.7. The third-order valence-electron chi connectivity index (χ3n) is 4.69. The average molecular weight is 466 g/mol. The Hall–Kier alpha value is -4.27. The second-order valence-corrected chi connectivity index (χ2v) is 7.12. The molecule has 0 aliphatic rings. The Bertz CT molecular complexity index is 1090. The van der Waals surface area contributed by atoms with E-state index in [-0.39, 0.29) is 12.2 Å². The number of carbonyl (C=O) groups excluding carboxylic acids is 2. The summed E-state index contributed by atoms with van der Waals surface area (Å²) in [5, 5.41) is 0. The van der Waals surface area contributed by atoms with Crippen LogP contribution in [0.15, 0.2) is 67.0 Å². The maximum atomic E-state index is 12.6. The molecule has 9 nitrogen and oxygen atoms in total. The third-order valence-corrected chi connectivity index (χ3v) is 4.69. The molecule has 0 fully saturated rings. The Morgan fingerprint density at radius 1 is 0.912 bits per heavy atom. The van der Waals surface area contributed by atoms with Crippen molar-refractivity contribution in [3.63, 3.8) is 0 Å². The molecule has 0 aliphatic heterocycles. The number of hydrogen-bond acceptors (Lipinski definition) is 7. The number of methoxy groups -OCH3 is 1. The van der Waals surface area contributed by atoms with Crippen molar-refractivity contribution in [2.45, 2.75) is 26.6 Å². The van der Waals surface area contributed by atoms with Gasteiger partial charge in [-0.05, 0) is 74.0 Å². The van der Waals surface area contributed by atoms with Crippen molar-refractivity contribution >= 4 is 11.8 Å². The summed E-state index contributed by atoms with van der Waals surface area (Å²) < 4.78 is 22.1. The fourth-order valence-corrected chi connectivity index (χ4v) is 2.90. The molecule has 2 N–H and O–H groups in total. The van der Waals surface area contributed by atoms with Crippen LogP contribution in [0.4, 0.5) is 0 Å². The molecule has 0 spiro atoms. The average Bonchev–Trinajstić information content (AvgIpc) is 2.87. The van der Waals surface area contributed by atoms with Crippen LogP contribution >= 0.6 is 0 Å². The van der Waals surface area contributed by atoms with Crippen LogP contribution < -0.4 is 29.8 Å². The number of carbonyl (C=O) groups is 2. The Balaban J connectivity index is 1.55. The number of nitrogens with one attached hydrogen (secondary N) is 2. The van der Waals surface area contributed by atoms with E-state index in [1.54, 1.807) is 61.8 Å². The number of hydrazine groups is 1. The monoisotopic (exact) mass is 465 g/mol. The molecule has 2 aromatic carbocycles. The molecule has 1 atom stereocenters. The number of pyridine rings is 1. The number of rotatable bonds is 10. The van der Waals surface area contributed by atoms with Crippen molar-refractivity contribution < 1.29 is 28.5 Å². The van der Waals surface area contributed by atoms with E-state index in [9.17, 15) is 9.59 Å².